The normalized spacial score (nSPS) is 12.0. The summed E-state index contributed by atoms with van der Waals surface area (Å²) in [7, 11) is -4.00. The van der Waals surface area contributed by atoms with Crippen LogP contribution in [0, 0.1) is 17.0 Å². The highest BCUT2D eigenvalue weighted by Gasteiger charge is 2.32. The van der Waals surface area contributed by atoms with Gasteiger partial charge < -0.3 is 10.1 Å². The van der Waals surface area contributed by atoms with Crippen molar-refractivity contribution < 1.29 is 27.7 Å². The molecular formula is C20H23N3O7S. The number of nitro benzene ring substituents is 1. The molecule has 0 saturated heterocycles. The van der Waals surface area contributed by atoms with Gasteiger partial charge in [0.15, 0.2) is 0 Å². The summed E-state index contributed by atoms with van der Waals surface area (Å²) in [6.45, 7) is 4.72. The van der Waals surface area contributed by atoms with Crippen LogP contribution < -0.4 is 9.62 Å². The molecule has 0 aliphatic heterocycles. The minimum atomic E-state index is -4.00. The molecule has 0 heterocycles. The SMILES string of the molecule is CCOC(=O)c1ccccc1NC(=O)[C@@H](C)N(c1cc([N+](=O)[O-])ccc1C)S(C)(=O)=O. The number of para-hydroxylation sites is 1. The summed E-state index contributed by atoms with van der Waals surface area (Å²) in [6, 6.07) is 8.64. The Bertz CT molecular complexity index is 1120. The Kier molecular flexibility index (Phi) is 7.34. The minimum absolute atomic E-state index is 0.0121. The molecule has 0 aromatic heterocycles. The van der Waals surface area contributed by atoms with Crippen LogP contribution in [0.2, 0.25) is 0 Å². The predicted octanol–water partition coefficient (Wildman–Crippen LogP) is 2.87. The third kappa shape index (κ3) is 5.57. The molecule has 2 rings (SSSR count). The Labute approximate surface area is 180 Å². The molecule has 31 heavy (non-hydrogen) atoms. The van der Waals surface area contributed by atoms with Crippen LogP contribution >= 0.6 is 0 Å². The molecular weight excluding hydrogens is 426 g/mol. The van der Waals surface area contributed by atoms with Crippen molar-refractivity contribution in [2.45, 2.75) is 26.8 Å². The second-order valence-corrected chi connectivity index (χ2v) is 8.58. The Morgan fingerprint density at radius 3 is 2.45 bits per heavy atom. The summed E-state index contributed by atoms with van der Waals surface area (Å²) < 4.78 is 30.8. The number of rotatable bonds is 8. The average molecular weight is 449 g/mol. The number of ether oxygens (including phenoxy) is 1. The number of carbonyl (C=O) groups excluding carboxylic acids is 2. The van der Waals surface area contributed by atoms with Crippen molar-refractivity contribution in [3.8, 4) is 0 Å². The molecule has 0 radical (unpaired) electrons. The fraction of sp³-hybridized carbons (Fsp3) is 0.300. The number of amides is 1. The monoisotopic (exact) mass is 449 g/mol. The van der Waals surface area contributed by atoms with Crippen molar-refractivity contribution in [3.05, 3.63) is 63.7 Å². The molecule has 166 valence electrons. The van der Waals surface area contributed by atoms with Crippen LogP contribution in [0.25, 0.3) is 0 Å². The van der Waals surface area contributed by atoms with E-state index < -0.39 is 32.9 Å². The quantitative estimate of drug-likeness (QED) is 0.372. The third-order valence-electron chi connectivity index (χ3n) is 4.41. The zero-order valence-corrected chi connectivity index (χ0v) is 18.3. The fourth-order valence-corrected chi connectivity index (χ4v) is 4.17. The van der Waals surface area contributed by atoms with Crippen molar-refractivity contribution in [1.29, 1.82) is 0 Å². The first kappa shape index (κ1) is 23.8. The van der Waals surface area contributed by atoms with Crippen molar-refractivity contribution in [1.82, 2.24) is 0 Å². The number of esters is 1. The third-order valence-corrected chi connectivity index (χ3v) is 5.64. The lowest BCUT2D eigenvalue weighted by molar-refractivity contribution is -0.384. The van der Waals surface area contributed by atoms with E-state index in [1.165, 1.54) is 31.2 Å². The van der Waals surface area contributed by atoms with E-state index in [0.29, 0.717) is 5.56 Å². The van der Waals surface area contributed by atoms with Gasteiger partial charge in [0.25, 0.3) is 5.69 Å². The van der Waals surface area contributed by atoms with Crippen molar-refractivity contribution in [2.75, 3.05) is 22.5 Å². The number of nitrogens with one attached hydrogen (secondary N) is 1. The lowest BCUT2D eigenvalue weighted by Crippen LogP contribution is -2.45. The summed E-state index contributed by atoms with van der Waals surface area (Å²) in [4.78, 5) is 35.6. The zero-order chi connectivity index (χ0) is 23.3. The largest absolute Gasteiger partial charge is 0.462 e. The summed E-state index contributed by atoms with van der Waals surface area (Å²) >= 11 is 0. The van der Waals surface area contributed by atoms with Crippen LogP contribution in [0.15, 0.2) is 42.5 Å². The van der Waals surface area contributed by atoms with E-state index in [2.05, 4.69) is 5.32 Å². The van der Waals surface area contributed by atoms with Gasteiger partial charge in [-0.25, -0.2) is 13.2 Å². The first-order chi connectivity index (χ1) is 14.5. The molecule has 1 amide bonds. The maximum absolute atomic E-state index is 12.9. The van der Waals surface area contributed by atoms with E-state index in [-0.39, 0.29) is 29.2 Å². The van der Waals surface area contributed by atoms with Gasteiger partial charge in [0.05, 0.1) is 34.7 Å². The molecule has 0 bridgehead atoms. The van der Waals surface area contributed by atoms with E-state index in [4.69, 9.17) is 4.74 Å². The van der Waals surface area contributed by atoms with Gasteiger partial charge in [0.1, 0.15) is 6.04 Å². The van der Waals surface area contributed by atoms with Crippen LogP contribution in [0.5, 0.6) is 0 Å². The summed E-state index contributed by atoms with van der Waals surface area (Å²) in [5.74, 6) is -1.37. The molecule has 11 heteroatoms. The highest BCUT2D eigenvalue weighted by Crippen LogP contribution is 2.29. The van der Waals surface area contributed by atoms with Gasteiger partial charge in [0.2, 0.25) is 15.9 Å². The van der Waals surface area contributed by atoms with E-state index >= 15 is 0 Å². The highest BCUT2D eigenvalue weighted by molar-refractivity contribution is 7.92. The van der Waals surface area contributed by atoms with Gasteiger partial charge in [-0.05, 0) is 38.5 Å². The van der Waals surface area contributed by atoms with Gasteiger partial charge in [-0.3, -0.25) is 19.2 Å². The zero-order valence-electron chi connectivity index (χ0n) is 17.5. The summed E-state index contributed by atoms with van der Waals surface area (Å²) in [5, 5.41) is 13.7. The second kappa shape index (κ2) is 9.56. The standard InChI is InChI=1S/C20H23N3O7S/c1-5-30-20(25)16-8-6-7-9-17(16)21-19(24)14(3)22(31(4,28)29)18-12-15(23(26)27)11-10-13(18)2/h6-12,14H,5H2,1-4H3,(H,21,24)/t14-/m1/s1. The van der Waals surface area contributed by atoms with Gasteiger partial charge in [-0.1, -0.05) is 18.2 Å². The summed E-state index contributed by atoms with van der Waals surface area (Å²) in [6.07, 6.45) is 0.904. The van der Waals surface area contributed by atoms with Crippen LogP contribution in [0.4, 0.5) is 17.1 Å². The molecule has 2 aromatic carbocycles. The predicted molar refractivity (Wildman–Crippen MR) is 116 cm³/mol. The number of non-ortho nitro benzene ring substituents is 1. The van der Waals surface area contributed by atoms with Crippen LogP contribution in [0.1, 0.15) is 29.8 Å². The van der Waals surface area contributed by atoms with Gasteiger partial charge >= 0.3 is 5.97 Å². The number of hydrogen-bond donors (Lipinski definition) is 1. The topological polar surface area (TPSA) is 136 Å². The van der Waals surface area contributed by atoms with Crippen molar-refractivity contribution in [2.24, 2.45) is 0 Å². The number of carbonyl (C=O) groups is 2. The molecule has 0 unspecified atom stereocenters. The fourth-order valence-electron chi connectivity index (χ4n) is 2.95. The molecule has 1 atom stereocenters. The van der Waals surface area contributed by atoms with E-state index in [1.807, 2.05) is 0 Å². The van der Waals surface area contributed by atoms with Gasteiger partial charge in [-0.2, -0.15) is 0 Å². The first-order valence-electron chi connectivity index (χ1n) is 9.28. The van der Waals surface area contributed by atoms with Crippen molar-refractivity contribution in [3.63, 3.8) is 0 Å². The smallest absolute Gasteiger partial charge is 0.340 e. The molecule has 0 aliphatic rings. The number of hydrogen-bond acceptors (Lipinski definition) is 7. The van der Waals surface area contributed by atoms with E-state index in [1.54, 1.807) is 26.0 Å². The maximum Gasteiger partial charge on any atom is 0.340 e. The number of anilines is 2. The molecule has 1 N–H and O–H groups in total. The Hall–Kier alpha value is -3.47. The average Bonchev–Trinajstić information content (AvgIpc) is 2.68. The number of benzene rings is 2. The molecule has 0 aliphatic carbocycles. The van der Waals surface area contributed by atoms with Crippen molar-refractivity contribution >= 4 is 39.0 Å². The molecule has 2 aromatic rings. The first-order valence-corrected chi connectivity index (χ1v) is 11.1. The Morgan fingerprint density at radius 1 is 1.23 bits per heavy atom. The van der Waals surface area contributed by atoms with Crippen LogP contribution in [0.3, 0.4) is 0 Å². The van der Waals surface area contributed by atoms with Crippen LogP contribution in [-0.2, 0) is 19.6 Å². The molecule has 10 nitrogen and oxygen atoms in total. The van der Waals surface area contributed by atoms with Gasteiger partial charge in [-0.15, -0.1) is 0 Å². The number of nitrogens with zero attached hydrogens (tertiary/aromatic N) is 2. The number of sulfonamides is 1. The highest BCUT2D eigenvalue weighted by atomic mass is 32.2. The lowest BCUT2D eigenvalue weighted by Gasteiger charge is -2.29. The summed E-state index contributed by atoms with van der Waals surface area (Å²) in [5.41, 5.74) is 0.402. The minimum Gasteiger partial charge on any atom is -0.462 e. The molecule has 0 spiro atoms. The van der Waals surface area contributed by atoms with Crippen LogP contribution in [-0.4, -0.2) is 44.1 Å². The van der Waals surface area contributed by atoms with E-state index in [9.17, 15) is 28.1 Å². The Balaban J connectivity index is 2.44. The van der Waals surface area contributed by atoms with E-state index in [0.717, 1.165) is 16.6 Å². The maximum atomic E-state index is 12.9. The van der Waals surface area contributed by atoms with Gasteiger partial charge in [0, 0.05) is 12.1 Å². The molecule has 0 fully saturated rings. The number of nitro groups is 1. The Morgan fingerprint density at radius 2 is 1.87 bits per heavy atom. The lowest BCUT2D eigenvalue weighted by atomic mass is 10.1. The number of aryl methyl sites for hydroxylation is 1. The second-order valence-electron chi connectivity index (χ2n) is 6.72. The molecule has 0 saturated carbocycles.